The summed E-state index contributed by atoms with van der Waals surface area (Å²) in [4.78, 5) is 2.73. The van der Waals surface area contributed by atoms with Gasteiger partial charge in [0.2, 0.25) is 0 Å². The quantitative estimate of drug-likeness (QED) is 0.849. The van der Waals surface area contributed by atoms with E-state index in [1.165, 1.54) is 54.5 Å². The summed E-state index contributed by atoms with van der Waals surface area (Å²) in [6.07, 6.45) is 5.70. The first kappa shape index (κ1) is 15.0. The van der Waals surface area contributed by atoms with Gasteiger partial charge >= 0.3 is 0 Å². The molecule has 5 rings (SSSR count). The van der Waals surface area contributed by atoms with E-state index in [1.54, 1.807) is 0 Å². The zero-order valence-electron chi connectivity index (χ0n) is 14.8. The number of para-hydroxylation sites is 1. The molecule has 1 saturated heterocycles. The predicted molar refractivity (Wildman–Crippen MR) is 97.0 cm³/mol. The molecule has 0 amide bonds. The van der Waals surface area contributed by atoms with E-state index in [0.717, 1.165) is 12.8 Å². The lowest BCUT2D eigenvalue weighted by molar-refractivity contribution is -0.0202. The second-order valence-corrected chi connectivity index (χ2v) is 8.35. The van der Waals surface area contributed by atoms with Crippen molar-refractivity contribution in [3.05, 3.63) is 35.5 Å². The Bertz CT molecular complexity index is 794. The van der Waals surface area contributed by atoms with Crippen molar-refractivity contribution >= 4 is 10.9 Å². The summed E-state index contributed by atoms with van der Waals surface area (Å²) < 4.78 is 2.31. The average Bonchev–Trinajstić information content (AvgIpc) is 2.90. The largest absolute Gasteiger partial charge is 0.373 e. The summed E-state index contributed by atoms with van der Waals surface area (Å²) in [6.45, 7) is 7.02. The molecule has 0 saturated carbocycles. The number of aliphatic hydroxyl groups is 1. The van der Waals surface area contributed by atoms with Crippen molar-refractivity contribution in [3.63, 3.8) is 0 Å². The number of nitrogens with zero attached hydrogens (tertiary/aromatic N) is 2. The SMILES string of the molecule is CC[C@]12CCCN3CCc4c(n(c5ccccc45)[C@H](O)[C@H](C)C1)[C@@H]32. The molecule has 0 aliphatic carbocycles. The fourth-order valence-electron chi connectivity index (χ4n) is 6.17. The highest BCUT2D eigenvalue weighted by Gasteiger charge is 2.51. The van der Waals surface area contributed by atoms with E-state index in [-0.39, 0.29) is 0 Å². The standard InChI is InChI=1S/C21H28N2O/c1-3-21-10-6-11-22-12-9-16-15-7-4-5-8-17(15)23(18(16)19(21)22)20(24)14(2)13-21/h4-5,7-8,14,19-20,24H,3,6,9-13H2,1-2H3/t14-,19-,20-,21+/m1/s1. The molecule has 1 aromatic heterocycles. The number of fused-ring (bicyclic) bond motifs is 3. The summed E-state index contributed by atoms with van der Waals surface area (Å²) in [6, 6.07) is 9.22. The fourth-order valence-corrected chi connectivity index (χ4v) is 6.17. The molecule has 1 aromatic carbocycles. The van der Waals surface area contributed by atoms with Crippen LogP contribution in [0.1, 0.15) is 63.1 Å². The highest BCUT2D eigenvalue weighted by Crippen LogP contribution is 2.58. The summed E-state index contributed by atoms with van der Waals surface area (Å²) in [5.41, 5.74) is 4.53. The van der Waals surface area contributed by atoms with Gasteiger partial charge in [-0.2, -0.15) is 0 Å². The molecule has 3 nitrogen and oxygen atoms in total. The van der Waals surface area contributed by atoms with Crippen LogP contribution in [0.4, 0.5) is 0 Å². The Labute approximate surface area is 144 Å². The molecule has 4 atom stereocenters. The van der Waals surface area contributed by atoms with Gasteiger partial charge in [-0.25, -0.2) is 0 Å². The van der Waals surface area contributed by atoms with Gasteiger partial charge in [-0.1, -0.05) is 32.0 Å². The van der Waals surface area contributed by atoms with E-state index in [0.29, 0.717) is 17.4 Å². The topological polar surface area (TPSA) is 28.4 Å². The minimum Gasteiger partial charge on any atom is -0.373 e. The lowest BCUT2D eigenvalue weighted by Crippen LogP contribution is -2.49. The highest BCUT2D eigenvalue weighted by molar-refractivity contribution is 5.86. The summed E-state index contributed by atoms with van der Waals surface area (Å²) in [5.74, 6) is 0.301. The third-order valence-corrected chi connectivity index (χ3v) is 7.24. The number of benzene rings is 1. The van der Waals surface area contributed by atoms with E-state index in [1.807, 2.05) is 0 Å². The van der Waals surface area contributed by atoms with Crippen LogP contribution in [0.5, 0.6) is 0 Å². The van der Waals surface area contributed by atoms with Crippen LogP contribution in [0.2, 0.25) is 0 Å². The third kappa shape index (κ3) is 1.75. The van der Waals surface area contributed by atoms with Gasteiger partial charge in [0.1, 0.15) is 6.23 Å². The number of aliphatic hydroxyl groups excluding tert-OH is 1. The molecule has 3 aliphatic heterocycles. The molecule has 0 bridgehead atoms. The van der Waals surface area contributed by atoms with Crippen LogP contribution >= 0.6 is 0 Å². The molecule has 4 heterocycles. The van der Waals surface area contributed by atoms with Gasteiger partial charge in [-0.05, 0) is 55.7 Å². The van der Waals surface area contributed by atoms with Crippen LogP contribution in [0.15, 0.2) is 24.3 Å². The number of piperidine rings is 1. The molecular formula is C21H28N2O. The van der Waals surface area contributed by atoms with Crippen molar-refractivity contribution in [1.29, 1.82) is 0 Å². The van der Waals surface area contributed by atoms with E-state index in [4.69, 9.17) is 0 Å². The van der Waals surface area contributed by atoms with Gasteiger partial charge in [-0.15, -0.1) is 0 Å². The maximum absolute atomic E-state index is 11.2. The molecular weight excluding hydrogens is 296 g/mol. The van der Waals surface area contributed by atoms with Gasteiger partial charge in [0.05, 0.1) is 11.6 Å². The second-order valence-electron chi connectivity index (χ2n) is 8.35. The molecule has 1 fully saturated rings. The smallest absolute Gasteiger partial charge is 0.133 e. The average molecular weight is 324 g/mol. The molecule has 128 valence electrons. The second kappa shape index (κ2) is 5.09. The highest BCUT2D eigenvalue weighted by atomic mass is 16.3. The lowest BCUT2D eigenvalue weighted by atomic mass is 9.64. The zero-order chi connectivity index (χ0) is 16.5. The summed E-state index contributed by atoms with van der Waals surface area (Å²) >= 11 is 0. The van der Waals surface area contributed by atoms with Crippen molar-refractivity contribution in [2.45, 2.75) is 58.2 Å². The van der Waals surface area contributed by atoms with Gasteiger partial charge in [0.15, 0.2) is 0 Å². The van der Waals surface area contributed by atoms with Crippen molar-refractivity contribution in [3.8, 4) is 0 Å². The first-order valence-corrected chi connectivity index (χ1v) is 9.70. The maximum Gasteiger partial charge on any atom is 0.133 e. The molecule has 0 radical (unpaired) electrons. The van der Waals surface area contributed by atoms with E-state index in [2.05, 4.69) is 47.6 Å². The van der Waals surface area contributed by atoms with Crippen molar-refractivity contribution in [1.82, 2.24) is 9.47 Å². The Morgan fingerprint density at radius 1 is 1.25 bits per heavy atom. The Morgan fingerprint density at radius 3 is 2.92 bits per heavy atom. The normalized spacial score (nSPS) is 35.7. The van der Waals surface area contributed by atoms with Gasteiger partial charge < -0.3 is 9.67 Å². The van der Waals surface area contributed by atoms with E-state index in [9.17, 15) is 5.11 Å². The maximum atomic E-state index is 11.2. The Morgan fingerprint density at radius 2 is 2.08 bits per heavy atom. The zero-order valence-corrected chi connectivity index (χ0v) is 14.8. The molecule has 24 heavy (non-hydrogen) atoms. The van der Waals surface area contributed by atoms with Gasteiger partial charge in [0.25, 0.3) is 0 Å². The summed E-state index contributed by atoms with van der Waals surface area (Å²) in [7, 11) is 0. The monoisotopic (exact) mass is 324 g/mol. The first-order valence-electron chi connectivity index (χ1n) is 9.70. The van der Waals surface area contributed by atoms with Crippen LogP contribution in [0, 0.1) is 11.3 Å². The number of rotatable bonds is 1. The molecule has 3 aliphatic rings. The number of hydrogen-bond donors (Lipinski definition) is 1. The van der Waals surface area contributed by atoms with Gasteiger partial charge in [0, 0.05) is 23.5 Å². The van der Waals surface area contributed by atoms with Gasteiger partial charge in [-0.3, -0.25) is 4.90 Å². The van der Waals surface area contributed by atoms with Crippen molar-refractivity contribution < 1.29 is 5.11 Å². The lowest BCUT2D eigenvalue weighted by Gasteiger charge is -2.52. The molecule has 1 N–H and O–H groups in total. The van der Waals surface area contributed by atoms with Crippen LogP contribution < -0.4 is 0 Å². The minimum absolute atomic E-state index is 0.301. The van der Waals surface area contributed by atoms with Crippen LogP contribution in [-0.4, -0.2) is 27.7 Å². The Kier molecular flexibility index (Phi) is 3.18. The number of hydrogen-bond acceptors (Lipinski definition) is 2. The minimum atomic E-state index is -0.396. The Hall–Kier alpha value is -1.32. The summed E-state index contributed by atoms with van der Waals surface area (Å²) in [5, 5.41) is 12.6. The van der Waals surface area contributed by atoms with E-state index >= 15 is 0 Å². The van der Waals surface area contributed by atoms with Crippen molar-refractivity contribution in [2.24, 2.45) is 11.3 Å². The molecule has 2 aromatic rings. The molecule has 0 spiro atoms. The van der Waals surface area contributed by atoms with E-state index < -0.39 is 6.23 Å². The first-order chi connectivity index (χ1) is 11.7. The van der Waals surface area contributed by atoms with Crippen LogP contribution in [0.25, 0.3) is 10.9 Å². The number of aromatic nitrogens is 1. The Balaban J connectivity index is 1.87. The van der Waals surface area contributed by atoms with Crippen LogP contribution in [0.3, 0.4) is 0 Å². The molecule has 3 heteroatoms. The van der Waals surface area contributed by atoms with Crippen LogP contribution in [-0.2, 0) is 6.42 Å². The predicted octanol–water partition coefficient (Wildman–Crippen LogP) is 4.26. The fraction of sp³-hybridized carbons (Fsp3) is 0.619. The van der Waals surface area contributed by atoms with Crippen molar-refractivity contribution in [2.75, 3.05) is 13.1 Å². The third-order valence-electron chi connectivity index (χ3n) is 7.24. The molecule has 0 unspecified atom stereocenters.